The Kier molecular flexibility index (Phi) is 5.25. The molecule has 6 rings (SSSR count). The molecule has 12 heteroatoms. The number of nitrogens with one attached hydrogen (secondary N) is 1. The summed E-state index contributed by atoms with van der Waals surface area (Å²) >= 11 is 0. The smallest absolute Gasteiger partial charge is 0.254 e. The molecule has 3 aromatic heterocycles. The number of carbonyl (C=O) groups excluding carboxylic acids is 1. The van der Waals surface area contributed by atoms with Crippen LogP contribution in [0.4, 0.5) is 14.6 Å². The number of halogens is 2. The molecular formula is C24H21F2N7O3. The van der Waals surface area contributed by atoms with Crippen LogP contribution in [-0.4, -0.2) is 65.6 Å². The summed E-state index contributed by atoms with van der Waals surface area (Å²) in [6, 6.07) is 9.50. The molecule has 0 unspecified atom stereocenters. The van der Waals surface area contributed by atoms with Crippen molar-refractivity contribution < 1.29 is 23.2 Å². The number of amides is 1. The van der Waals surface area contributed by atoms with Crippen LogP contribution in [0.5, 0.6) is 0 Å². The van der Waals surface area contributed by atoms with Crippen molar-refractivity contribution in [1.82, 2.24) is 29.8 Å². The van der Waals surface area contributed by atoms with Crippen molar-refractivity contribution in [2.45, 2.75) is 31.0 Å². The Labute approximate surface area is 203 Å². The lowest BCUT2D eigenvalue weighted by molar-refractivity contribution is -0.146. The van der Waals surface area contributed by atoms with E-state index in [-0.39, 0.29) is 36.0 Å². The van der Waals surface area contributed by atoms with Gasteiger partial charge in [0.05, 0.1) is 24.5 Å². The first-order chi connectivity index (χ1) is 17.4. The molecule has 0 radical (unpaired) electrons. The maximum atomic E-state index is 14.5. The van der Waals surface area contributed by atoms with E-state index in [1.54, 1.807) is 39.9 Å². The van der Waals surface area contributed by atoms with E-state index in [4.69, 9.17) is 4.52 Å². The number of carbonyl (C=O) groups is 1. The molecular weight excluding hydrogens is 472 g/mol. The molecule has 2 fully saturated rings. The molecule has 1 aliphatic carbocycles. The third-order valence-corrected chi connectivity index (χ3v) is 6.36. The van der Waals surface area contributed by atoms with Gasteiger partial charge >= 0.3 is 0 Å². The number of rotatable bonds is 7. The Hall–Kier alpha value is -4.19. The van der Waals surface area contributed by atoms with Gasteiger partial charge in [0.1, 0.15) is 29.1 Å². The second kappa shape index (κ2) is 8.48. The number of likely N-dealkylation sites (tertiary alicyclic amines) is 1. The molecule has 0 atom stereocenters. The summed E-state index contributed by atoms with van der Waals surface area (Å²) in [7, 11) is 0. The molecule has 0 bridgehead atoms. The van der Waals surface area contributed by atoms with Gasteiger partial charge in [-0.05, 0) is 25.0 Å². The Morgan fingerprint density at radius 3 is 2.69 bits per heavy atom. The normalized spacial score (nSPS) is 16.6. The molecule has 1 amide bonds. The number of anilines is 1. The average molecular weight is 493 g/mol. The van der Waals surface area contributed by atoms with Crippen molar-refractivity contribution in [2.75, 3.05) is 18.4 Å². The highest BCUT2D eigenvalue weighted by atomic mass is 19.1. The van der Waals surface area contributed by atoms with Gasteiger partial charge in [-0.2, -0.15) is 5.10 Å². The van der Waals surface area contributed by atoms with Crippen LogP contribution < -0.4 is 5.32 Å². The van der Waals surface area contributed by atoms with Gasteiger partial charge in [0.25, 0.3) is 5.91 Å². The van der Waals surface area contributed by atoms with Gasteiger partial charge in [-0.25, -0.2) is 18.7 Å². The van der Waals surface area contributed by atoms with E-state index in [0.717, 1.165) is 6.20 Å². The van der Waals surface area contributed by atoms with Crippen molar-refractivity contribution in [3.05, 3.63) is 66.1 Å². The highest BCUT2D eigenvalue weighted by Gasteiger charge is 2.52. The molecule has 2 aliphatic rings. The predicted molar refractivity (Wildman–Crippen MR) is 122 cm³/mol. The van der Waals surface area contributed by atoms with Crippen LogP contribution in [0.15, 0.2) is 53.4 Å². The first-order valence-electron chi connectivity index (χ1n) is 11.4. The zero-order valence-corrected chi connectivity index (χ0v) is 18.9. The molecule has 1 aliphatic heterocycles. The van der Waals surface area contributed by atoms with Crippen LogP contribution in [0, 0.1) is 11.6 Å². The fourth-order valence-corrected chi connectivity index (χ4v) is 4.13. The number of aliphatic hydroxyl groups is 1. The largest absolute Gasteiger partial charge is 0.380 e. The van der Waals surface area contributed by atoms with Crippen molar-refractivity contribution in [3.8, 4) is 22.9 Å². The molecule has 36 heavy (non-hydrogen) atoms. The van der Waals surface area contributed by atoms with Gasteiger partial charge in [-0.1, -0.05) is 23.4 Å². The van der Waals surface area contributed by atoms with Gasteiger partial charge in [0.2, 0.25) is 0 Å². The first-order valence-corrected chi connectivity index (χ1v) is 11.4. The van der Waals surface area contributed by atoms with Crippen LogP contribution in [0.1, 0.15) is 18.4 Å². The zero-order valence-electron chi connectivity index (χ0n) is 18.9. The number of hydrogen-bond donors (Lipinski definition) is 2. The lowest BCUT2D eigenvalue weighted by Gasteiger charge is -2.40. The van der Waals surface area contributed by atoms with E-state index in [9.17, 15) is 18.7 Å². The van der Waals surface area contributed by atoms with E-state index in [0.29, 0.717) is 48.6 Å². The summed E-state index contributed by atoms with van der Waals surface area (Å²) in [4.78, 5) is 22.1. The summed E-state index contributed by atoms with van der Waals surface area (Å²) in [5.41, 5.74) is 0.590. The van der Waals surface area contributed by atoms with Gasteiger partial charge in [0.15, 0.2) is 17.5 Å². The Bertz CT molecular complexity index is 1430. The van der Waals surface area contributed by atoms with Crippen molar-refractivity contribution in [2.24, 2.45) is 0 Å². The maximum absolute atomic E-state index is 14.5. The highest BCUT2D eigenvalue weighted by molar-refractivity contribution is 5.88. The van der Waals surface area contributed by atoms with Crippen LogP contribution in [0.25, 0.3) is 22.9 Å². The van der Waals surface area contributed by atoms with Crippen molar-refractivity contribution >= 4 is 11.7 Å². The molecule has 1 saturated heterocycles. The topological polar surface area (TPSA) is 122 Å². The van der Waals surface area contributed by atoms with E-state index >= 15 is 0 Å². The third kappa shape index (κ3) is 4.09. The van der Waals surface area contributed by atoms with Gasteiger partial charge < -0.3 is 19.8 Å². The minimum Gasteiger partial charge on any atom is -0.380 e. The van der Waals surface area contributed by atoms with Crippen LogP contribution in [0.2, 0.25) is 0 Å². The summed E-state index contributed by atoms with van der Waals surface area (Å²) in [5.74, 6) is -1.16. The summed E-state index contributed by atoms with van der Waals surface area (Å²) < 4.78 is 35.3. The van der Waals surface area contributed by atoms with E-state index in [1.165, 1.54) is 12.3 Å². The minimum atomic E-state index is -1.22. The SMILES string of the molecule is O=C(N1CC(Nc2nc(-c3cc(-c4ccon4)n(Cc4ccccc4F)n3)ncc2F)C1)C1(O)CC1. The zero-order chi connectivity index (χ0) is 24.9. The molecule has 2 N–H and O–H groups in total. The molecule has 184 valence electrons. The van der Waals surface area contributed by atoms with Crippen LogP contribution >= 0.6 is 0 Å². The molecule has 1 aromatic carbocycles. The molecule has 0 spiro atoms. The quantitative estimate of drug-likeness (QED) is 0.403. The van der Waals surface area contributed by atoms with E-state index < -0.39 is 11.4 Å². The fraction of sp³-hybridized carbons (Fsp3) is 0.292. The fourth-order valence-electron chi connectivity index (χ4n) is 4.13. The summed E-state index contributed by atoms with van der Waals surface area (Å²) in [5, 5.41) is 21.5. The second-order valence-electron chi connectivity index (χ2n) is 9.02. The standard InChI is InChI=1S/C24H21F2N7O3/c25-16-4-2-1-3-14(16)11-33-20(18-5-8-36-31-18)9-19(30-33)22-27-10-17(26)21(29-22)28-15-12-32(13-15)23(34)24(35)6-7-24/h1-5,8-10,15,35H,6-7,11-13H2,(H,27,28,29). The number of aromatic nitrogens is 5. The summed E-state index contributed by atoms with van der Waals surface area (Å²) in [6.07, 6.45) is 3.42. The van der Waals surface area contributed by atoms with Crippen molar-refractivity contribution in [1.29, 1.82) is 0 Å². The first kappa shape index (κ1) is 22.3. The Balaban J connectivity index is 1.25. The minimum absolute atomic E-state index is 0.0196. The molecule has 1 saturated carbocycles. The van der Waals surface area contributed by atoms with Gasteiger partial charge in [-0.15, -0.1) is 0 Å². The van der Waals surface area contributed by atoms with Crippen molar-refractivity contribution in [3.63, 3.8) is 0 Å². The number of nitrogens with zero attached hydrogens (tertiary/aromatic N) is 6. The third-order valence-electron chi connectivity index (χ3n) is 6.36. The van der Waals surface area contributed by atoms with Gasteiger partial charge in [0, 0.05) is 24.7 Å². The van der Waals surface area contributed by atoms with Crippen LogP contribution in [0.3, 0.4) is 0 Å². The van der Waals surface area contributed by atoms with E-state index in [1.807, 2.05) is 0 Å². The maximum Gasteiger partial charge on any atom is 0.254 e. The van der Waals surface area contributed by atoms with E-state index in [2.05, 4.69) is 25.5 Å². The Morgan fingerprint density at radius 1 is 1.17 bits per heavy atom. The molecule has 4 heterocycles. The second-order valence-corrected chi connectivity index (χ2v) is 9.02. The molecule has 4 aromatic rings. The lowest BCUT2D eigenvalue weighted by Crippen LogP contribution is -2.60. The summed E-state index contributed by atoms with van der Waals surface area (Å²) in [6.45, 7) is 0.806. The molecule has 10 nitrogen and oxygen atoms in total. The van der Waals surface area contributed by atoms with Crippen LogP contribution in [-0.2, 0) is 11.3 Å². The van der Waals surface area contributed by atoms with Gasteiger partial charge in [-0.3, -0.25) is 9.48 Å². The average Bonchev–Trinajstić information content (AvgIpc) is 3.22. The Morgan fingerprint density at radius 2 is 1.97 bits per heavy atom. The number of benzene rings is 1. The highest BCUT2D eigenvalue weighted by Crippen LogP contribution is 2.38. The predicted octanol–water partition coefficient (Wildman–Crippen LogP) is 2.47. The monoisotopic (exact) mass is 493 g/mol. The lowest BCUT2D eigenvalue weighted by atomic mass is 10.1. The number of hydrogen-bond acceptors (Lipinski definition) is 8.